The molecule has 0 saturated carbocycles. The SMILES string of the molecule is C[C@@H](C(=O)NCc1cccc(COC(C)(C)C)c1)n1cncn1. The number of nitrogens with zero attached hydrogens (tertiary/aromatic N) is 3. The first-order chi connectivity index (χ1) is 10.8. The molecule has 0 radical (unpaired) electrons. The molecule has 0 spiro atoms. The van der Waals surface area contributed by atoms with Gasteiger partial charge in [0.2, 0.25) is 5.91 Å². The number of carbonyl (C=O) groups excluding carboxylic acids is 1. The Bertz CT molecular complexity index is 632. The van der Waals surface area contributed by atoms with E-state index in [1.165, 1.54) is 17.3 Å². The second-order valence-electron chi connectivity index (χ2n) is 6.49. The number of benzene rings is 1. The minimum atomic E-state index is -0.384. The molecule has 0 unspecified atom stereocenters. The van der Waals surface area contributed by atoms with E-state index in [1.807, 2.05) is 45.0 Å². The lowest BCUT2D eigenvalue weighted by molar-refractivity contribution is -0.124. The number of nitrogens with one attached hydrogen (secondary N) is 1. The molecule has 6 heteroatoms. The number of aromatic nitrogens is 3. The van der Waals surface area contributed by atoms with Crippen LogP contribution in [0, 0.1) is 0 Å². The molecule has 0 saturated heterocycles. The van der Waals surface area contributed by atoms with E-state index in [1.54, 1.807) is 6.92 Å². The second-order valence-corrected chi connectivity index (χ2v) is 6.49. The predicted octanol–water partition coefficient (Wildman–Crippen LogP) is 2.47. The lowest BCUT2D eigenvalue weighted by Crippen LogP contribution is -2.30. The van der Waals surface area contributed by atoms with Crippen LogP contribution >= 0.6 is 0 Å². The van der Waals surface area contributed by atoms with E-state index in [0.29, 0.717) is 13.2 Å². The zero-order chi connectivity index (χ0) is 16.9. The number of amides is 1. The highest BCUT2D eigenvalue weighted by Crippen LogP contribution is 2.13. The van der Waals surface area contributed by atoms with Gasteiger partial charge in [-0.3, -0.25) is 4.79 Å². The monoisotopic (exact) mass is 316 g/mol. The molecule has 1 heterocycles. The summed E-state index contributed by atoms with van der Waals surface area (Å²) in [7, 11) is 0. The third kappa shape index (κ3) is 5.49. The Morgan fingerprint density at radius 1 is 1.35 bits per heavy atom. The largest absolute Gasteiger partial charge is 0.371 e. The van der Waals surface area contributed by atoms with Gasteiger partial charge in [-0.25, -0.2) is 9.67 Å². The normalized spacial score (nSPS) is 12.9. The van der Waals surface area contributed by atoms with Crippen molar-refractivity contribution in [3.63, 3.8) is 0 Å². The van der Waals surface area contributed by atoms with Crippen LogP contribution in [0.3, 0.4) is 0 Å². The fourth-order valence-corrected chi connectivity index (χ4v) is 2.00. The van der Waals surface area contributed by atoms with Crippen LogP contribution in [-0.2, 0) is 22.7 Å². The summed E-state index contributed by atoms with van der Waals surface area (Å²) in [5.41, 5.74) is 1.97. The molecule has 2 aromatic rings. The summed E-state index contributed by atoms with van der Waals surface area (Å²) in [4.78, 5) is 16.0. The van der Waals surface area contributed by atoms with Gasteiger partial charge in [-0.15, -0.1) is 0 Å². The van der Waals surface area contributed by atoms with E-state index in [2.05, 4.69) is 15.4 Å². The first-order valence-corrected chi connectivity index (χ1v) is 7.69. The Morgan fingerprint density at radius 3 is 2.74 bits per heavy atom. The zero-order valence-corrected chi connectivity index (χ0v) is 14.1. The van der Waals surface area contributed by atoms with Crippen molar-refractivity contribution in [1.29, 1.82) is 0 Å². The van der Waals surface area contributed by atoms with Crippen molar-refractivity contribution < 1.29 is 9.53 Å². The van der Waals surface area contributed by atoms with Gasteiger partial charge in [-0.2, -0.15) is 5.10 Å². The van der Waals surface area contributed by atoms with Gasteiger partial charge < -0.3 is 10.1 Å². The molecule has 124 valence electrons. The van der Waals surface area contributed by atoms with Crippen LogP contribution in [0.5, 0.6) is 0 Å². The fourth-order valence-electron chi connectivity index (χ4n) is 2.00. The standard InChI is InChI=1S/C17H24N4O2/c1-13(21-12-18-11-20-21)16(22)19-9-14-6-5-7-15(8-14)10-23-17(2,3)4/h5-8,11-13H,9-10H2,1-4H3,(H,19,22)/t13-/m0/s1. The lowest BCUT2D eigenvalue weighted by Gasteiger charge is -2.19. The van der Waals surface area contributed by atoms with Gasteiger partial charge in [-0.1, -0.05) is 24.3 Å². The van der Waals surface area contributed by atoms with Crippen LogP contribution in [0.25, 0.3) is 0 Å². The quantitative estimate of drug-likeness (QED) is 0.889. The molecule has 1 amide bonds. The Balaban J connectivity index is 1.89. The highest BCUT2D eigenvalue weighted by Gasteiger charge is 2.15. The Labute approximate surface area is 136 Å². The fraction of sp³-hybridized carbons (Fsp3) is 0.471. The molecule has 2 rings (SSSR count). The summed E-state index contributed by atoms with van der Waals surface area (Å²) in [6.45, 7) is 8.91. The minimum Gasteiger partial charge on any atom is -0.371 e. The summed E-state index contributed by atoms with van der Waals surface area (Å²) in [5.74, 6) is -0.0909. The van der Waals surface area contributed by atoms with Crippen LogP contribution < -0.4 is 5.32 Å². The molecule has 1 atom stereocenters. The third-order valence-electron chi connectivity index (χ3n) is 3.34. The Hall–Kier alpha value is -2.21. The number of carbonyl (C=O) groups is 1. The maximum absolute atomic E-state index is 12.1. The van der Waals surface area contributed by atoms with E-state index in [0.717, 1.165) is 11.1 Å². The van der Waals surface area contributed by atoms with Crippen molar-refractivity contribution in [2.24, 2.45) is 0 Å². The van der Waals surface area contributed by atoms with Crippen molar-refractivity contribution in [3.8, 4) is 0 Å². The molecule has 0 aliphatic rings. The van der Waals surface area contributed by atoms with Gasteiger partial charge in [0.1, 0.15) is 18.7 Å². The summed E-state index contributed by atoms with van der Waals surface area (Å²) in [5, 5.41) is 6.90. The minimum absolute atomic E-state index is 0.0909. The number of ether oxygens (including phenoxy) is 1. The van der Waals surface area contributed by atoms with Crippen LogP contribution in [0.4, 0.5) is 0 Å². The Morgan fingerprint density at radius 2 is 2.09 bits per heavy atom. The van der Waals surface area contributed by atoms with Crippen molar-refractivity contribution in [1.82, 2.24) is 20.1 Å². The average Bonchev–Trinajstić information content (AvgIpc) is 3.04. The average molecular weight is 316 g/mol. The van der Waals surface area contributed by atoms with Gasteiger partial charge in [0.15, 0.2) is 0 Å². The first-order valence-electron chi connectivity index (χ1n) is 7.69. The van der Waals surface area contributed by atoms with Crippen molar-refractivity contribution in [2.45, 2.75) is 52.5 Å². The van der Waals surface area contributed by atoms with E-state index >= 15 is 0 Å². The van der Waals surface area contributed by atoms with Crippen LogP contribution in [0.1, 0.15) is 44.9 Å². The predicted molar refractivity (Wildman–Crippen MR) is 87.6 cm³/mol. The van der Waals surface area contributed by atoms with Crippen molar-refractivity contribution in [2.75, 3.05) is 0 Å². The van der Waals surface area contributed by atoms with Gasteiger partial charge >= 0.3 is 0 Å². The van der Waals surface area contributed by atoms with E-state index in [9.17, 15) is 4.79 Å². The van der Waals surface area contributed by atoms with E-state index in [4.69, 9.17) is 4.74 Å². The molecule has 6 nitrogen and oxygen atoms in total. The molecule has 0 bridgehead atoms. The number of hydrogen-bond donors (Lipinski definition) is 1. The molecule has 1 aromatic carbocycles. The summed E-state index contributed by atoms with van der Waals surface area (Å²) >= 11 is 0. The van der Waals surface area contributed by atoms with Crippen molar-refractivity contribution in [3.05, 3.63) is 48.0 Å². The lowest BCUT2D eigenvalue weighted by atomic mass is 10.1. The first kappa shape index (κ1) is 17.1. The Kier molecular flexibility index (Phi) is 5.50. The topological polar surface area (TPSA) is 69.0 Å². The molecule has 0 aliphatic heterocycles. The summed E-state index contributed by atoms with van der Waals surface area (Å²) in [6.07, 6.45) is 2.96. The highest BCUT2D eigenvalue weighted by atomic mass is 16.5. The molecule has 0 fully saturated rings. The molecule has 1 N–H and O–H groups in total. The third-order valence-corrected chi connectivity index (χ3v) is 3.34. The molecular formula is C17H24N4O2. The van der Waals surface area contributed by atoms with Crippen LogP contribution in [-0.4, -0.2) is 26.3 Å². The maximum Gasteiger partial charge on any atom is 0.244 e. The summed E-state index contributed by atoms with van der Waals surface area (Å²) in [6, 6.07) is 7.65. The molecule has 0 aliphatic carbocycles. The summed E-state index contributed by atoms with van der Waals surface area (Å²) < 4.78 is 7.31. The van der Waals surface area contributed by atoms with Gasteiger partial charge in [0.05, 0.1) is 12.2 Å². The highest BCUT2D eigenvalue weighted by molar-refractivity contribution is 5.79. The number of hydrogen-bond acceptors (Lipinski definition) is 4. The molecule has 23 heavy (non-hydrogen) atoms. The van der Waals surface area contributed by atoms with E-state index < -0.39 is 0 Å². The van der Waals surface area contributed by atoms with Gasteiger partial charge in [0, 0.05) is 6.54 Å². The van der Waals surface area contributed by atoms with Crippen LogP contribution in [0.2, 0.25) is 0 Å². The molecular weight excluding hydrogens is 292 g/mol. The maximum atomic E-state index is 12.1. The number of rotatable bonds is 6. The van der Waals surface area contributed by atoms with Gasteiger partial charge in [-0.05, 0) is 38.8 Å². The van der Waals surface area contributed by atoms with E-state index in [-0.39, 0.29) is 17.6 Å². The van der Waals surface area contributed by atoms with Gasteiger partial charge in [0.25, 0.3) is 0 Å². The molecule has 1 aromatic heterocycles. The second kappa shape index (κ2) is 7.37. The smallest absolute Gasteiger partial charge is 0.244 e. The van der Waals surface area contributed by atoms with Crippen LogP contribution in [0.15, 0.2) is 36.9 Å². The zero-order valence-electron chi connectivity index (χ0n) is 14.1. The van der Waals surface area contributed by atoms with Crippen molar-refractivity contribution >= 4 is 5.91 Å².